The van der Waals surface area contributed by atoms with Crippen LogP contribution in [0.2, 0.25) is 0 Å². The van der Waals surface area contributed by atoms with Gasteiger partial charge in [0.1, 0.15) is 5.75 Å². The smallest absolute Gasteiger partial charge is 0.387 e. The molecule has 0 aliphatic carbocycles. The van der Waals surface area contributed by atoms with Gasteiger partial charge in [-0.15, -0.1) is 0 Å². The fourth-order valence-electron chi connectivity index (χ4n) is 1.77. The van der Waals surface area contributed by atoms with E-state index in [1.165, 1.54) is 18.2 Å². The second-order valence-electron chi connectivity index (χ2n) is 4.46. The van der Waals surface area contributed by atoms with Gasteiger partial charge in [0.2, 0.25) is 0 Å². The van der Waals surface area contributed by atoms with Gasteiger partial charge in [-0.1, -0.05) is 12.1 Å². The van der Waals surface area contributed by atoms with E-state index < -0.39 is 12.5 Å². The summed E-state index contributed by atoms with van der Waals surface area (Å²) in [6.45, 7) is 0.671. The van der Waals surface area contributed by atoms with Gasteiger partial charge in [-0.05, 0) is 32.4 Å². The zero-order chi connectivity index (χ0) is 14.4. The Hall–Kier alpha value is -1.69. The minimum absolute atomic E-state index is 0.0529. The number of nitrogens with two attached hydrogens (primary N) is 1. The Morgan fingerprint density at radius 3 is 2.58 bits per heavy atom. The van der Waals surface area contributed by atoms with Gasteiger partial charge >= 0.3 is 6.61 Å². The molecule has 0 heterocycles. The number of alkyl halides is 2. The second kappa shape index (κ2) is 7.04. The van der Waals surface area contributed by atoms with E-state index in [2.05, 4.69) is 10.1 Å². The van der Waals surface area contributed by atoms with Crippen LogP contribution < -0.4 is 15.8 Å². The molecule has 0 aliphatic heterocycles. The quantitative estimate of drug-likeness (QED) is 0.834. The van der Waals surface area contributed by atoms with Crippen molar-refractivity contribution in [2.45, 2.75) is 39.0 Å². The van der Waals surface area contributed by atoms with Crippen LogP contribution in [0.15, 0.2) is 24.3 Å². The highest BCUT2D eigenvalue weighted by atomic mass is 19.3. The lowest BCUT2D eigenvalue weighted by molar-refractivity contribution is -0.0501. The molecule has 4 nitrogen and oxygen atoms in total. The molecular formula is C13H18F2N2O2. The summed E-state index contributed by atoms with van der Waals surface area (Å²) in [6, 6.07) is 5.68. The highest BCUT2D eigenvalue weighted by molar-refractivity contribution is 5.97. The molecule has 0 saturated carbocycles. The first-order chi connectivity index (χ1) is 8.90. The van der Waals surface area contributed by atoms with Gasteiger partial charge in [0.25, 0.3) is 5.91 Å². The van der Waals surface area contributed by atoms with Crippen molar-refractivity contribution in [2.75, 3.05) is 0 Å². The number of nitrogens with one attached hydrogen (secondary N) is 1. The zero-order valence-corrected chi connectivity index (χ0v) is 10.9. The Balaban J connectivity index is 2.76. The van der Waals surface area contributed by atoms with Crippen molar-refractivity contribution in [3.63, 3.8) is 0 Å². The Morgan fingerprint density at radius 2 is 2.00 bits per heavy atom. The number of carbonyl (C=O) groups excluding carboxylic acids is 1. The Morgan fingerprint density at radius 1 is 1.37 bits per heavy atom. The average Bonchev–Trinajstić information content (AvgIpc) is 2.27. The summed E-state index contributed by atoms with van der Waals surface area (Å²) < 4.78 is 28.8. The molecule has 0 spiro atoms. The van der Waals surface area contributed by atoms with Crippen molar-refractivity contribution in [3.8, 4) is 5.75 Å². The largest absolute Gasteiger partial charge is 0.434 e. The summed E-state index contributed by atoms with van der Waals surface area (Å²) in [4.78, 5) is 12.0. The molecule has 3 N–H and O–H groups in total. The maximum atomic E-state index is 12.2. The van der Waals surface area contributed by atoms with Crippen LogP contribution in [0.1, 0.15) is 30.6 Å². The highest BCUT2D eigenvalue weighted by Gasteiger charge is 2.17. The molecule has 0 radical (unpaired) electrons. The molecule has 1 aromatic carbocycles. The van der Waals surface area contributed by atoms with Crippen LogP contribution in [0.3, 0.4) is 0 Å². The minimum atomic E-state index is -2.96. The third kappa shape index (κ3) is 5.21. The molecule has 2 unspecified atom stereocenters. The van der Waals surface area contributed by atoms with Crippen molar-refractivity contribution in [1.82, 2.24) is 5.32 Å². The maximum Gasteiger partial charge on any atom is 0.387 e. The SMILES string of the molecule is CC(N)CC(C)NC(=O)c1ccccc1OC(F)F. The van der Waals surface area contributed by atoms with Crippen molar-refractivity contribution < 1.29 is 18.3 Å². The van der Waals surface area contributed by atoms with Crippen molar-refractivity contribution in [2.24, 2.45) is 5.73 Å². The predicted octanol–water partition coefficient (Wildman–Crippen LogP) is 2.14. The van der Waals surface area contributed by atoms with Crippen molar-refractivity contribution in [1.29, 1.82) is 0 Å². The molecule has 1 rings (SSSR count). The van der Waals surface area contributed by atoms with E-state index in [0.717, 1.165) is 0 Å². The number of para-hydroxylation sites is 1. The zero-order valence-electron chi connectivity index (χ0n) is 10.9. The summed E-state index contributed by atoms with van der Waals surface area (Å²) in [5.74, 6) is -0.590. The molecule has 0 bridgehead atoms. The van der Waals surface area contributed by atoms with E-state index >= 15 is 0 Å². The summed E-state index contributed by atoms with van der Waals surface area (Å²) in [5.41, 5.74) is 5.71. The van der Waals surface area contributed by atoms with Gasteiger partial charge in [-0.25, -0.2) is 0 Å². The van der Waals surface area contributed by atoms with Gasteiger partial charge in [0.05, 0.1) is 5.56 Å². The normalized spacial score (nSPS) is 14.0. The summed E-state index contributed by atoms with van der Waals surface area (Å²) >= 11 is 0. The van der Waals surface area contributed by atoms with E-state index in [1.54, 1.807) is 13.0 Å². The first-order valence-corrected chi connectivity index (χ1v) is 6.00. The summed E-state index contributed by atoms with van der Waals surface area (Å²) in [7, 11) is 0. The molecule has 6 heteroatoms. The van der Waals surface area contributed by atoms with Crippen molar-refractivity contribution >= 4 is 5.91 Å². The molecular weight excluding hydrogens is 254 g/mol. The van der Waals surface area contributed by atoms with E-state index in [1.807, 2.05) is 6.92 Å². The van der Waals surface area contributed by atoms with Crippen LogP contribution in [0, 0.1) is 0 Å². The van der Waals surface area contributed by atoms with Crippen LogP contribution in [-0.4, -0.2) is 24.6 Å². The monoisotopic (exact) mass is 272 g/mol. The second-order valence-corrected chi connectivity index (χ2v) is 4.46. The van der Waals surface area contributed by atoms with E-state index in [4.69, 9.17) is 5.73 Å². The van der Waals surface area contributed by atoms with E-state index in [-0.39, 0.29) is 23.4 Å². The fourth-order valence-corrected chi connectivity index (χ4v) is 1.77. The van der Waals surface area contributed by atoms with Crippen LogP contribution in [0.5, 0.6) is 5.75 Å². The third-order valence-electron chi connectivity index (χ3n) is 2.45. The van der Waals surface area contributed by atoms with Crippen LogP contribution in [0.4, 0.5) is 8.78 Å². The van der Waals surface area contributed by atoms with Crippen molar-refractivity contribution in [3.05, 3.63) is 29.8 Å². The Labute approximate surface area is 110 Å². The average molecular weight is 272 g/mol. The van der Waals surface area contributed by atoms with Gasteiger partial charge in [0.15, 0.2) is 0 Å². The number of carbonyl (C=O) groups is 1. The number of hydrogen-bond acceptors (Lipinski definition) is 3. The minimum Gasteiger partial charge on any atom is -0.434 e. The Kier molecular flexibility index (Phi) is 5.69. The molecule has 0 aromatic heterocycles. The molecule has 0 aliphatic rings. The Bertz CT molecular complexity index is 425. The number of amides is 1. The highest BCUT2D eigenvalue weighted by Crippen LogP contribution is 2.20. The summed E-state index contributed by atoms with van der Waals surface area (Å²) in [6.07, 6.45) is 0.601. The van der Waals surface area contributed by atoms with Gasteiger partial charge in [-0.3, -0.25) is 4.79 Å². The van der Waals surface area contributed by atoms with E-state index in [9.17, 15) is 13.6 Å². The van der Waals surface area contributed by atoms with Gasteiger partial charge < -0.3 is 15.8 Å². The molecule has 106 valence electrons. The predicted molar refractivity (Wildman–Crippen MR) is 68.3 cm³/mol. The van der Waals surface area contributed by atoms with Gasteiger partial charge in [0, 0.05) is 12.1 Å². The molecule has 0 fully saturated rings. The molecule has 2 atom stereocenters. The van der Waals surface area contributed by atoms with Crippen LogP contribution >= 0.6 is 0 Å². The molecule has 0 saturated heterocycles. The number of halogens is 2. The first-order valence-electron chi connectivity index (χ1n) is 6.00. The van der Waals surface area contributed by atoms with E-state index in [0.29, 0.717) is 6.42 Å². The number of rotatable bonds is 6. The van der Waals surface area contributed by atoms with Crippen LogP contribution in [0.25, 0.3) is 0 Å². The van der Waals surface area contributed by atoms with Gasteiger partial charge in [-0.2, -0.15) is 8.78 Å². The van der Waals surface area contributed by atoms with Crippen LogP contribution in [-0.2, 0) is 0 Å². The number of benzene rings is 1. The number of ether oxygens (including phenoxy) is 1. The standard InChI is InChI=1S/C13H18F2N2O2/c1-8(16)7-9(2)17-12(18)10-5-3-4-6-11(10)19-13(14)15/h3-6,8-9,13H,7,16H2,1-2H3,(H,17,18). The molecule has 1 amide bonds. The lowest BCUT2D eigenvalue weighted by Gasteiger charge is -2.17. The molecule has 19 heavy (non-hydrogen) atoms. The summed E-state index contributed by atoms with van der Waals surface area (Å²) in [5, 5.41) is 2.70. The lowest BCUT2D eigenvalue weighted by Crippen LogP contribution is -2.36. The third-order valence-corrected chi connectivity index (χ3v) is 2.45. The topological polar surface area (TPSA) is 64.3 Å². The fraction of sp³-hybridized carbons (Fsp3) is 0.462. The number of hydrogen-bond donors (Lipinski definition) is 2. The maximum absolute atomic E-state index is 12.2. The lowest BCUT2D eigenvalue weighted by atomic mass is 10.1. The molecule has 1 aromatic rings. The first kappa shape index (κ1) is 15.4.